The molecule has 0 radical (unpaired) electrons. The van der Waals surface area contributed by atoms with E-state index >= 15 is 0 Å². The Hall–Kier alpha value is -1.02. The van der Waals surface area contributed by atoms with Crippen LogP contribution in [0.5, 0.6) is 0 Å². The molecule has 18 heavy (non-hydrogen) atoms. The van der Waals surface area contributed by atoms with Crippen molar-refractivity contribution in [3.63, 3.8) is 0 Å². The number of likely N-dealkylation sites (tertiary alicyclic amines) is 1. The molecule has 0 aliphatic carbocycles. The van der Waals surface area contributed by atoms with Gasteiger partial charge in [-0.3, -0.25) is 4.79 Å². The van der Waals surface area contributed by atoms with Gasteiger partial charge in [-0.1, -0.05) is 23.8 Å². The largest absolute Gasteiger partial charge is 0.342 e. The number of carbonyl (C=O) groups is 1. The van der Waals surface area contributed by atoms with E-state index in [1.807, 2.05) is 4.90 Å². The quantitative estimate of drug-likeness (QED) is 0.767. The monoisotopic (exact) mass is 265 g/mol. The van der Waals surface area contributed by atoms with Crippen LogP contribution in [-0.4, -0.2) is 29.8 Å². The summed E-state index contributed by atoms with van der Waals surface area (Å²) >= 11 is 5.82. The molecule has 1 unspecified atom stereocenters. The minimum absolute atomic E-state index is 0.255. The van der Waals surface area contributed by atoms with Crippen molar-refractivity contribution in [1.29, 1.82) is 0 Å². The van der Waals surface area contributed by atoms with Crippen LogP contribution in [0.3, 0.4) is 0 Å². The fraction of sp³-hybridized carbons (Fsp3) is 0.533. The summed E-state index contributed by atoms with van der Waals surface area (Å²) in [6.45, 7) is 5.88. The Morgan fingerprint density at radius 1 is 1.39 bits per heavy atom. The predicted molar refractivity (Wildman–Crippen MR) is 75.0 cm³/mol. The summed E-state index contributed by atoms with van der Waals surface area (Å²) in [4.78, 5) is 13.7. The maximum atomic E-state index is 11.8. The Bertz CT molecular complexity index is 444. The van der Waals surface area contributed by atoms with Gasteiger partial charge in [0, 0.05) is 25.4 Å². The van der Waals surface area contributed by atoms with Gasteiger partial charge in [-0.25, -0.2) is 0 Å². The first-order valence-corrected chi connectivity index (χ1v) is 7.03. The van der Waals surface area contributed by atoms with E-state index in [1.165, 1.54) is 16.7 Å². The van der Waals surface area contributed by atoms with Gasteiger partial charge in [0.15, 0.2) is 0 Å². The number of hydrogen-bond acceptors (Lipinski definition) is 1. The van der Waals surface area contributed by atoms with Crippen LogP contribution in [-0.2, 0) is 11.2 Å². The molecular weight excluding hydrogens is 246 g/mol. The van der Waals surface area contributed by atoms with Crippen LogP contribution in [0, 0.1) is 19.8 Å². The van der Waals surface area contributed by atoms with Crippen molar-refractivity contribution in [2.45, 2.75) is 26.7 Å². The van der Waals surface area contributed by atoms with Gasteiger partial charge >= 0.3 is 0 Å². The third-order valence-corrected chi connectivity index (χ3v) is 4.10. The van der Waals surface area contributed by atoms with Crippen LogP contribution in [0.1, 0.15) is 23.1 Å². The first-order chi connectivity index (χ1) is 8.60. The molecule has 1 aliphatic rings. The minimum atomic E-state index is 0.255. The number of benzene rings is 1. The molecule has 1 amide bonds. The van der Waals surface area contributed by atoms with Crippen LogP contribution < -0.4 is 0 Å². The second kappa shape index (κ2) is 5.75. The summed E-state index contributed by atoms with van der Waals surface area (Å²) in [5, 5.41) is 0. The molecule has 1 atom stereocenters. The summed E-state index contributed by atoms with van der Waals surface area (Å²) in [6, 6.07) is 6.50. The second-order valence-corrected chi connectivity index (χ2v) is 5.55. The molecule has 1 aromatic rings. The zero-order chi connectivity index (χ0) is 13.1. The van der Waals surface area contributed by atoms with Crippen LogP contribution in [0.15, 0.2) is 18.2 Å². The van der Waals surface area contributed by atoms with Gasteiger partial charge in [-0.2, -0.15) is 0 Å². The van der Waals surface area contributed by atoms with Crippen LogP contribution in [0.25, 0.3) is 0 Å². The number of amides is 1. The van der Waals surface area contributed by atoms with Crippen LogP contribution in [0.2, 0.25) is 0 Å². The SMILES string of the molecule is Cc1ccc(CCN2CC(CCl)CC2=O)c(C)c1. The van der Waals surface area contributed by atoms with E-state index < -0.39 is 0 Å². The average molecular weight is 266 g/mol. The molecule has 2 nitrogen and oxygen atoms in total. The smallest absolute Gasteiger partial charge is 0.222 e. The lowest BCUT2D eigenvalue weighted by atomic mass is 10.0. The molecule has 0 spiro atoms. The highest BCUT2D eigenvalue weighted by Gasteiger charge is 2.28. The molecule has 0 N–H and O–H groups in total. The number of carbonyl (C=O) groups excluding carboxylic acids is 1. The topological polar surface area (TPSA) is 20.3 Å². The molecule has 1 aliphatic heterocycles. The van der Waals surface area contributed by atoms with E-state index in [-0.39, 0.29) is 5.91 Å². The lowest BCUT2D eigenvalue weighted by Gasteiger charge is -2.17. The van der Waals surface area contributed by atoms with E-state index in [0.29, 0.717) is 18.2 Å². The highest BCUT2D eigenvalue weighted by Crippen LogP contribution is 2.20. The van der Waals surface area contributed by atoms with Crippen molar-refractivity contribution in [3.8, 4) is 0 Å². The van der Waals surface area contributed by atoms with Gasteiger partial charge in [-0.05, 0) is 37.3 Å². The lowest BCUT2D eigenvalue weighted by Crippen LogP contribution is -2.27. The van der Waals surface area contributed by atoms with E-state index in [2.05, 4.69) is 32.0 Å². The fourth-order valence-electron chi connectivity index (χ4n) is 2.56. The van der Waals surface area contributed by atoms with Gasteiger partial charge in [0.25, 0.3) is 0 Å². The zero-order valence-corrected chi connectivity index (χ0v) is 11.8. The molecule has 1 saturated heterocycles. The highest BCUT2D eigenvalue weighted by molar-refractivity contribution is 6.18. The Kier molecular flexibility index (Phi) is 4.28. The van der Waals surface area contributed by atoms with Gasteiger partial charge in [0.2, 0.25) is 5.91 Å². The van der Waals surface area contributed by atoms with E-state index in [1.54, 1.807) is 0 Å². The number of alkyl halides is 1. The van der Waals surface area contributed by atoms with Crippen molar-refractivity contribution >= 4 is 17.5 Å². The molecule has 1 aromatic carbocycles. The molecule has 2 rings (SSSR count). The number of aryl methyl sites for hydroxylation is 2. The number of halogens is 1. The molecule has 3 heteroatoms. The Morgan fingerprint density at radius 2 is 2.17 bits per heavy atom. The zero-order valence-electron chi connectivity index (χ0n) is 11.1. The van der Waals surface area contributed by atoms with Crippen molar-refractivity contribution in [2.24, 2.45) is 5.92 Å². The van der Waals surface area contributed by atoms with Crippen molar-refractivity contribution in [3.05, 3.63) is 34.9 Å². The minimum Gasteiger partial charge on any atom is -0.342 e. The van der Waals surface area contributed by atoms with Gasteiger partial charge in [-0.15, -0.1) is 11.6 Å². The number of rotatable bonds is 4. The first kappa shape index (κ1) is 13.4. The van der Waals surface area contributed by atoms with E-state index in [9.17, 15) is 4.79 Å². The summed E-state index contributed by atoms with van der Waals surface area (Å²) in [5.41, 5.74) is 3.94. The molecule has 98 valence electrons. The Morgan fingerprint density at radius 3 is 2.78 bits per heavy atom. The van der Waals surface area contributed by atoms with Crippen LogP contribution in [0.4, 0.5) is 0 Å². The Labute approximate surface area is 114 Å². The molecule has 1 heterocycles. The first-order valence-electron chi connectivity index (χ1n) is 6.50. The van der Waals surface area contributed by atoms with Crippen molar-refractivity contribution < 1.29 is 4.79 Å². The average Bonchev–Trinajstić information content (AvgIpc) is 2.69. The van der Waals surface area contributed by atoms with E-state index in [4.69, 9.17) is 11.6 Å². The van der Waals surface area contributed by atoms with E-state index in [0.717, 1.165) is 19.5 Å². The normalized spacial score (nSPS) is 19.6. The molecule has 0 saturated carbocycles. The summed E-state index contributed by atoms with van der Waals surface area (Å²) in [6.07, 6.45) is 1.56. The van der Waals surface area contributed by atoms with Crippen molar-refractivity contribution in [2.75, 3.05) is 19.0 Å². The maximum absolute atomic E-state index is 11.8. The fourth-order valence-corrected chi connectivity index (χ4v) is 2.76. The number of hydrogen-bond donors (Lipinski definition) is 0. The maximum Gasteiger partial charge on any atom is 0.222 e. The molecule has 1 fully saturated rings. The molecular formula is C15H20ClNO. The third kappa shape index (κ3) is 3.05. The predicted octanol–water partition coefficient (Wildman–Crippen LogP) is 2.93. The van der Waals surface area contributed by atoms with Crippen LogP contribution >= 0.6 is 11.6 Å². The highest BCUT2D eigenvalue weighted by atomic mass is 35.5. The Balaban J connectivity index is 1.94. The third-order valence-electron chi connectivity index (χ3n) is 3.66. The summed E-state index contributed by atoms with van der Waals surface area (Å²) in [7, 11) is 0. The van der Waals surface area contributed by atoms with Gasteiger partial charge in [0.05, 0.1) is 0 Å². The van der Waals surface area contributed by atoms with Crippen molar-refractivity contribution in [1.82, 2.24) is 4.90 Å². The summed E-state index contributed by atoms with van der Waals surface area (Å²) in [5.74, 6) is 1.19. The second-order valence-electron chi connectivity index (χ2n) is 5.24. The number of nitrogens with zero attached hydrogens (tertiary/aromatic N) is 1. The van der Waals surface area contributed by atoms with Gasteiger partial charge < -0.3 is 4.90 Å². The molecule has 0 bridgehead atoms. The molecule has 0 aromatic heterocycles. The lowest BCUT2D eigenvalue weighted by molar-refractivity contribution is -0.127. The summed E-state index contributed by atoms with van der Waals surface area (Å²) < 4.78 is 0. The standard InChI is InChI=1S/C15H20ClNO/c1-11-3-4-14(12(2)7-11)5-6-17-10-13(9-16)8-15(17)18/h3-4,7,13H,5-6,8-10H2,1-2H3. The van der Waals surface area contributed by atoms with Gasteiger partial charge in [0.1, 0.15) is 0 Å².